The van der Waals surface area contributed by atoms with Gasteiger partial charge < -0.3 is 4.74 Å². The van der Waals surface area contributed by atoms with Crippen LogP contribution >= 0.6 is 15.9 Å². The number of hydrogen-bond acceptors (Lipinski definition) is 4. The molecule has 0 radical (unpaired) electrons. The zero-order valence-corrected chi connectivity index (χ0v) is 15.7. The van der Waals surface area contributed by atoms with Crippen LogP contribution in [0.1, 0.15) is 49.5 Å². The lowest BCUT2D eigenvalue weighted by Crippen LogP contribution is -2.42. The van der Waals surface area contributed by atoms with Gasteiger partial charge in [-0.1, -0.05) is 22.9 Å². The van der Waals surface area contributed by atoms with E-state index in [0.717, 1.165) is 5.56 Å². The quantitative estimate of drug-likeness (QED) is 0.727. The second-order valence-corrected chi connectivity index (χ2v) is 9.96. The lowest BCUT2D eigenvalue weighted by molar-refractivity contribution is 0.0599. The molecule has 22 heavy (non-hydrogen) atoms. The van der Waals surface area contributed by atoms with Gasteiger partial charge in [0.05, 0.1) is 23.1 Å². The first-order valence-corrected chi connectivity index (χ1v) is 9.18. The average molecular weight is 390 g/mol. The first-order chi connectivity index (χ1) is 10.0. The molecule has 0 aliphatic carbocycles. The van der Waals surface area contributed by atoms with E-state index < -0.39 is 20.7 Å². The number of rotatable bonds is 2. The summed E-state index contributed by atoms with van der Waals surface area (Å²) in [5.41, 5.74) is 1.69. The number of hydrogen-bond donors (Lipinski definition) is 0. The van der Waals surface area contributed by atoms with E-state index in [9.17, 15) is 13.2 Å². The molecule has 1 aromatic carbocycles. The average Bonchev–Trinajstić information content (AvgIpc) is 2.73. The molecule has 5 nitrogen and oxygen atoms in total. The second kappa shape index (κ2) is 5.53. The highest BCUT2D eigenvalue weighted by atomic mass is 79.9. The van der Waals surface area contributed by atoms with Gasteiger partial charge in [0.2, 0.25) is 10.0 Å². The Morgan fingerprint density at radius 3 is 2.45 bits per heavy atom. The van der Waals surface area contributed by atoms with Crippen molar-refractivity contribution in [2.24, 2.45) is 0 Å². The number of benzene rings is 1. The Balaban J connectivity index is 2.69. The largest absolute Gasteiger partial charge is 0.465 e. The van der Waals surface area contributed by atoms with Crippen molar-refractivity contribution in [3.63, 3.8) is 0 Å². The molecular weight excluding hydrogens is 370 g/mol. The van der Waals surface area contributed by atoms with Crippen LogP contribution in [0.15, 0.2) is 16.6 Å². The van der Waals surface area contributed by atoms with Crippen LogP contribution in [-0.2, 0) is 14.8 Å². The number of nitrogens with zero attached hydrogens (tertiary/aromatic N) is 1. The van der Waals surface area contributed by atoms with Crippen LogP contribution in [-0.4, -0.2) is 32.8 Å². The standard InChI is InChI=1S/C15H20BrNO4S/c1-9-8-17(22(19,20)15(2,3)4)12-7-10(16)6-11(13(9)12)14(18)21-5/h6-7,9H,8H2,1-5H3. The molecule has 0 spiro atoms. The summed E-state index contributed by atoms with van der Waals surface area (Å²) in [6.07, 6.45) is 0. The van der Waals surface area contributed by atoms with Gasteiger partial charge in [0.15, 0.2) is 0 Å². The lowest BCUT2D eigenvalue weighted by Gasteiger charge is -2.29. The van der Waals surface area contributed by atoms with Crippen molar-refractivity contribution in [1.82, 2.24) is 0 Å². The lowest BCUT2D eigenvalue weighted by atomic mass is 9.97. The summed E-state index contributed by atoms with van der Waals surface area (Å²) in [5, 5.41) is 0. The number of sulfonamides is 1. The highest BCUT2D eigenvalue weighted by Crippen LogP contribution is 2.43. The van der Waals surface area contributed by atoms with Crippen molar-refractivity contribution in [2.75, 3.05) is 18.0 Å². The number of halogens is 1. The number of fused-ring (bicyclic) bond motifs is 1. The van der Waals surface area contributed by atoms with Crippen molar-refractivity contribution in [3.05, 3.63) is 27.7 Å². The molecule has 1 aliphatic heterocycles. The first-order valence-electron chi connectivity index (χ1n) is 6.94. The van der Waals surface area contributed by atoms with Crippen molar-refractivity contribution in [2.45, 2.75) is 38.4 Å². The summed E-state index contributed by atoms with van der Waals surface area (Å²) in [6.45, 7) is 7.26. The smallest absolute Gasteiger partial charge is 0.338 e. The monoisotopic (exact) mass is 389 g/mol. The molecule has 2 rings (SSSR count). The van der Waals surface area contributed by atoms with Gasteiger partial charge in [-0.2, -0.15) is 0 Å². The van der Waals surface area contributed by atoms with Crippen molar-refractivity contribution >= 4 is 37.6 Å². The Hall–Kier alpha value is -1.08. The summed E-state index contributed by atoms with van der Waals surface area (Å²) < 4.78 is 31.6. The third-order valence-corrected chi connectivity index (χ3v) is 6.73. The maximum absolute atomic E-state index is 12.8. The minimum Gasteiger partial charge on any atom is -0.465 e. The van der Waals surface area contributed by atoms with E-state index in [2.05, 4.69) is 15.9 Å². The van der Waals surface area contributed by atoms with Gasteiger partial charge in [0.1, 0.15) is 0 Å². The van der Waals surface area contributed by atoms with Crippen molar-refractivity contribution in [3.8, 4) is 0 Å². The van der Waals surface area contributed by atoms with Gasteiger partial charge >= 0.3 is 5.97 Å². The predicted molar refractivity (Wildman–Crippen MR) is 89.9 cm³/mol. The summed E-state index contributed by atoms with van der Waals surface area (Å²) in [7, 11) is -2.21. The first kappa shape index (κ1) is 17.3. The summed E-state index contributed by atoms with van der Waals surface area (Å²) in [5.74, 6) is -0.534. The highest BCUT2D eigenvalue weighted by Gasteiger charge is 2.42. The normalized spacial score (nSPS) is 18.3. The van der Waals surface area contributed by atoms with E-state index in [0.29, 0.717) is 22.3 Å². The summed E-state index contributed by atoms with van der Waals surface area (Å²) >= 11 is 3.35. The Kier molecular flexibility index (Phi) is 4.34. The van der Waals surface area contributed by atoms with Crippen LogP contribution in [0.5, 0.6) is 0 Å². The molecule has 0 amide bonds. The summed E-state index contributed by atoms with van der Waals surface area (Å²) in [4.78, 5) is 12.0. The van der Waals surface area contributed by atoms with Gasteiger partial charge in [-0.15, -0.1) is 0 Å². The zero-order chi connectivity index (χ0) is 16.9. The fourth-order valence-corrected chi connectivity index (χ4v) is 4.54. The van der Waals surface area contributed by atoms with E-state index in [4.69, 9.17) is 4.74 Å². The van der Waals surface area contributed by atoms with Crippen LogP contribution in [0.25, 0.3) is 0 Å². The summed E-state index contributed by atoms with van der Waals surface area (Å²) in [6, 6.07) is 3.42. The van der Waals surface area contributed by atoms with E-state index in [1.807, 2.05) is 6.92 Å². The van der Waals surface area contributed by atoms with E-state index in [1.165, 1.54) is 11.4 Å². The molecule has 0 aromatic heterocycles. The number of carbonyl (C=O) groups excluding carboxylic acids is 1. The number of methoxy groups -OCH3 is 1. The van der Waals surface area contributed by atoms with Crippen molar-refractivity contribution < 1.29 is 17.9 Å². The zero-order valence-electron chi connectivity index (χ0n) is 13.3. The molecule has 1 heterocycles. The van der Waals surface area contributed by atoms with Gasteiger partial charge in [0.25, 0.3) is 0 Å². The van der Waals surface area contributed by atoms with Crippen LogP contribution < -0.4 is 4.31 Å². The van der Waals surface area contributed by atoms with Gasteiger partial charge in [-0.3, -0.25) is 4.31 Å². The fraction of sp³-hybridized carbons (Fsp3) is 0.533. The molecule has 1 atom stereocenters. The Bertz CT molecular complexity index is 722. The van der Waals surface area contributed by atoms with E-state index in [1.54, 1.807) is 32.9 Å². The van der Waals surface area contributed by atoms with Crippen LogP contribution in [0.3, 0.4) is 0 Å². The Labute approximate surface area is 139 Å². The molecule has 122 valence electrons. The van der Waals surface area contributed by atoms with Gasteiger partial charge in [0, 0.05) is 16.9 Å². The number of carbonyl (C=O) groups is 1. The highest BCUT2D eigenvalue weighted by molar-refractivity contribution is 9.10. The molecular formula is C15H20BrNO4S. The third kappa shape index (κ3) is 2.65. The van der Waals surface area contributed by atoms with E-state index in [-0.39, 0.29) is 5.92 Å². The fourth-order valence-electron chi connectivity index (χ4n) is 2.60. The molecule has 1 aromatic rings. The van der Waals surface area contributed by atoms with Crippen molar-refractivity contribution in [1.29, 1.82) is 0 Å². The minimum atomic E-state index is -3.53. The predicted octanol–water partition coefficient (Wildman–Crippen LogP) is 3.29. The van der Waals surface area contributed by atoms with Gasteiger partial charge in [-0.05, 0) is 38.5 Å². The maximum Gasteiger partial charge on any atom is 0.338 e. The molecule has 0 N–H and O–H groups in total. The minimum absolute atomic E-state index is 0.0747. The molecule has 7 heteroatoms. The van der Waals surface area contributed by atoms with Crippen LogP contribution in [0.2, 0.25) is 0 Å². The third-order valence-electron chi connectivity index (χ3n) is 3.79. The SMILES string of the molecule is COC(=O)c1cc(Br)cc2c1C(C)CN2S(=O)(=O)C(C)(C)C. The number of esters is 1. The van der Waals surface area contributed by atoms with Crippen LogP contribution in [0, 0.1) is 0 Å². The maximum atomic E-state index is 12.8. The second-order valence-electron chi connectivity index (χ2n) is 6.43. The Morgan fingerprint density at radius 2 is 1.95 bits per heavy atom. The molecule has 0 saturated carbocycles. The number of anilines is 1. The molecule has 0 saturated heterocycles. The van der Waals surface area contributed by atoms with E-state index >= 15 is 0 Å². The Morgan fingerprint density at radius 1 is 1.36 bits per heavy atom. The molecule has 1 aliphatic rings. The van der Waals surface area contributed by atoms with Gasteiger partial charge in [-0.25, -0.2) is 13.2 Å². The molecule has 0 bridgehead atoms. The molecule has 1 unspecified atom stereocenters. The van der Waals surface area contributed by atoms with Crippen LogP contribution in [0.4, 0.5) is 5.69 Å². The molecule has 0 fully saturated rings. The number of ether oxygens (including phenoxy) is 1. The topological polar surface area (TPSA) is 63.7 Å².